The van der Waals surface area contributed by atoms with E-state index in [0.29, 0.717) is 14.9 Å². The van der Waals surface area contributed by atoms with Crippen LogP contribution in [0.25, 0.3) is 11.3 Å². The summed E-state index contributed by atoms with van der Waals surface area (Å²) in [7, 11) is 0. The van der Waals surface area contributed by atoms with Gasteiger partial charge in [0.15, 0.2) is 0 Å². The molecule has 0 radical (unpaired) electrons. The van der Waals surface area contributed by atoms with Crippen molar-refractivity contribution in [3.8, 4) is 11.3 Å². The number of thioether (sulfide) groups is 1. The van der Waals surface area contributed by atoms with Crippen LogP contribution in [0.5, 0.6) is 0 Å². The van der Waals surface area contributed by atoms with Gasteiger partial charge in [-0.25, -0.2) is 13.5 Å². The maximum Gasteiger partial charge on any atom is 0.145 e. The van der Waals surface area contributed by atoms with E-state index in [0.717, 1.165) is 12.1 Å². The Labute approximate surface area is 223 Å². The van der Waals surface area contributed by atoms with E-state index in [1.165, 1.54) is 22.6 Å². The van der Waals surface area contributed by atoms with Gasteiger partial charge in [-0.2, -0.15) is 0 Å². The molecule has 0 spiro atoms. The fourth-order valence-electron chi connectivity index (χ4n) is 3.77. The number of hydrogen-bond acceptors (Lipinski definition) is 8. The number of nitrogens with zero attached hydrogens (tertiary/aromatic N) is 3. The molecule has 0 saturated carbocycles. The molecule has 3 aromatic rings. The molecule has 2 heterocycles. The number of benzene rings is 2. The zero-order valence-corrected chi connectivity index (χ0v) is 21.4. The first kappa shape index (κ1) is 27.5. The van der Waals surface area contributed by atoms with Crippen molar-refractivity contribution in [1.82, 2.24) is 15.0 Å². The average Bonchev–Trinajstić information content (AvgIpc) is 3.34. The summed E-state index contributed by atoms with van der Waals surface area (Å²) in [6.07, 6.45) is -1.85. The minimum Gasteiger partial charge on any atom is -0.394 e. The highest BCUT2D eigenvalue weighted by Crippen LogP contribution is 2.41. The van der Waals surface area contributed by atoms with E-state index in [1.807, 2.05) is 0 Å². The molecule has 3 N–H and O–H groups in total. The van der Waals surface area contributed by atoms with Crippen LogP contribution in [0.1, 0.15) is 6.04 Å². The first-order chi connectivity index (χ1) is 17.2. The summed E-state index contributed by atoms with van der Waals surface area (Å²) < 4.78 is 41.0. The first-order valence-electron chi connectivity index (χ1n) is 10.6. The fraction of sp³-hybridized carbons (Fsp3) is 0.364. The number of aliphatic hydroxyl groups excluding tert-OH is 3. The summed E-state index contributed by atoms with van der Waals surface area (Å²) in [6.45, 7) is -0.911. The Bertz CT molecular complexity index is 1200. The quantitative estimate of drug-likeness (QED) is 0.343. The molecule has 4 rings (SSSR count). The first-order valence-corrected chi connectivity index (χ1v) is 12.6. The number of aromatic nitrogens is 3. The lowest BCUT2D eigenvalue weighted by Crippen LogP contribution is -2.56. The summed E-state index contributed by atoms with van der Waals surface area (Å²) in [6, 6.07) is 6.04. The molecule has 8 nitrogen and oxygen atoms in total. The molecule has 1 saturated heterocycles. The number of halogens is 5. The van der Waals surface area contributed by atoms with E-state index in [-0.39, 0.29) is 24.5 Å². The predicted octanol–water partition coefficient (Wildman–Crippen LogP) is 3.97. The highest BCUT2D eigenvalue weighted by atomic mass is 35.5. The van der Waals surface area contributed by atoms with Gasteiger partial charge in [0.1, 0.15) is 52.1 Å². The molecule has 0 bridgehead atoms. The van der Waals surface area contributed by atoms with Gasteiger partial charge >= 0.3 is 0 Å². The summed E-state index contributed by atoms with van der Waals surface area (Å²) in [5.41, 5.74) is -0.605. The third kappa shape index (κ3) is 5.79. The van der Waals surface area contributed by atoms with Crippen molar-refractivity contribution in [3.63, 3.8) is 0 Å². The van der Waals surface area contributed by atoms with Crippen LogP contribution in [-0.4, -0.2) is 73.9 Å². The Kier molecular flexibility index (Phi) is 9.08. The van der Waals surface area contributed by atoms with E-state index in [9.17, 15) is 24.1 Å². The van der Waals surface area contributed by atoms with Crippen LogP contribution in [0, 0.1) is 11.6 Å². The van der Waals surface area contributed by atoms with Crippen LogP contribution in [0.3, 0.4) is 0 Å². The summed E-state index contributed by atoms with van der Waals surface area (Å²) >= 11 is 18.9. The second-order valence-electron chi connectivity index (χ2n) is 7.80. The van der Waals surface area contributed by atoms with Gasteiger partial charge in [0.2, 0.25) is 0 Å². The lowest BCUT2D eigenvalue weighted by molar-refractivity contribution is -0.194. The van der Waals surface area contributed by atoms with Gasteiger partial charge in [-0.05, 0) is 30.3 Å². The minimum absolute atomic E-state index is 0.0791. The molecule has 14 heteroatoms. The molecule has 0 aliphatic carbocycles. The zero-order valence-electron chi connectivity index (χ0n) is 18.3. The Morgan fingerprint density at radius 1 is 1.08 bits per heavy atom. The monoisotopic (exact) mass is 581 g/mol. The Hall–Kier alpha value is -1.54. The highest BCUT2D eigenvalue weighted by Gasteiger charge is 2.48. The molecule has 2 aromatic carbocycles. The van der Waals surface area contributed by atoms with Crippen LogP contribution >= 0.6 is 46.6 Å². The molecule has 2 unspecified atom stereocenters. The second-order valence-corrected chi connectivity index (χ2v) is 10.2. The van der Waals surface area contributed by atoms with Crippen LogP contribution in [0.15, 0.2) is 41.4 Å². The van der Waals surface area contributed by atoms with Gasteiger partial charge in [-0.1, -0.05) is 51.8 Å². The molecule has 36 heavy (non-hydrogen) atoms. The Balaban J connectivity index is 1.70. The van der Waals surface area contributed by atoms with Crippen molar-refractivity contribution in [2.24, 2.45) is 0 Å². The minimum atomic E-state index is -1.31. The van der Waals surface area contributed by atoms with Crippen molar-refractivity contribution in [2.75, 3.05) is 19.8 Å². The number of ether oxygens (including phenoxy) is 2. The van der Waals surface area contributed by atoms with Crippen molar-refractivity contribution in [2.45, 2.75) is 34.7 Å². The maximum atomic E-state index is 14.0. The van der Waals surface area contributed by atoms with E-state index in [1.54, 1.807) is 18.2 Å². The van der Waals surface area contributed by atoms with Crippen molar-refractivity contribution >= 4 is 46.6 Å². The van der Waals surface area contributed by atoms with Gasteiger partial charge in [-0.3, -0.25) is 0 Å². The van der Waals surface area contributed by atoms with Gasteiger partial charge in [0.05, 0.1) is 36.1 Å². The molecule has 1 fully saturated rings. The average molecular weight is 583 g/mol. The van der Waals surface area contributed by atoms with Crippen LogP contribution < -0.4 is 0 Å². The number of aliphatic hydroxyl groups is 3. The maximum absolute atomic E-state index is 14.0. The molecular weight excluding hydrogens is 563 g/mol. The van der Waals surface area contributed by atoms with Gasteiger partial charge < -0.3 is 24.8 Å². The SMILES string of the molecule is OCCOC1[C@@H](Sc2ccc(Cl)c(Cl)c2)OC(CO)[C@H](O)[C@@H]1n1cc(-c2cc(F)c(Cl)c(F)c2)nn1. The van der Waals surface area contributed by atoms with Crippen molar-refractivity contribution in [1.29, 1.82) is 0 Å². The third-order valence-electron chi connectivity index (χ3n) is 5.46. The molecular formula is C22H20Cl3F2N3O5S. The van der Waals surface area contributed by atoms with Crippen LogP contribution in [0.4, 0.5) is 8.78 Å². The lowest BCUT2D eigenvalue weighted by atomic mass is 9.97. The largest absolute Gasteiger partial charge is 0.394 e. The molecule has 194 valence electrons. The molecule has 5 atom stereocenters. The van der Waals surface area contributed by atoms with Crippen LogP contribution in [-0.2, 0) is 9.47 Å². The molecule has 1 aliphatic heterocycles. The van der Waals surface area contributed by atoms with E-state index >= 15 is 0 Å². The molecule has 1 aliphatic rings. The topological polar surface area (TPSA) is 110 Å². The Morgan fingerprint density at radius 3 is 2.44 bits per heavy atom. The van der Waals surface area contributed by atoms with Crippen LogP contribution in [0.2, 0.25) is 15.1 Å². The zero-order chi connectivity index (χ0) is 26.0. The van der Waals surface area contributed by atoms with E-state index in [2.05, 4.69) is 10.3 Å². The van der Waals surface area contributed by atoms with E-state index in [4.69, 9.17) is 44.3 Å². The van der Waals surface area contributed by atoms with E-state index < -0.39 is 53.1 Å². The second kappa shape index (κ2) is 11.9. The van der Waals surface area contributed by atoms with Crippen molar-refractivity contribution in [3.05, 3.63) is 63.2 Å². The summed E-state index contributed by atoms with van der Waals surface area (Å²) in [5.74, 6) is -1.93. The molecule has 1 aromatic heterocycles. The normalized spacial score (nSPS) is 24.3. The van der Waals surface area contributed by atoms with Gasteiger partial charge in [0, 0.05) is 10.5 Å². The van der Waals surface area contributed by atoms with Crippen molar-refractivity contribution < 1.29 is 33.6 Å². The fourth-order valence-corrected chi connectivity index (χ4v) is 5.41. The lowest BCUT2D eigenvalue weighted by Gasteiger charge is -2.43. The summed E-state index contributed by atoms with van der Waals surface area (Å²) in [4.78, 5) is 0.672. The van der Waals surface area contributed by atoms with Gasteiger partial charge in [-0.15, -0.1) is 5.10 Å². The highest BCUT2D eigenvalue weighted by molar-refractivity contribution is 7.99. The molecule has 0 amide bonds. The number of hydrogen-bond donors (Lipinski definition) is 3. The smallest absolute Gasteiger partial charge is 0.145 e. The van der Waals surface area contributed by atoms with Gasteiger partial charge in [0.25, 0.3) is 0 Å². The summed E-state index contributed by atoms with van der Waals surface area (Å²) in [5, 5.41) is 38.3. The standard InChI is InChI=1S/C22H20Cl3F2N3O5S/c23-12-2-1-11(7-13(12)24)36-22-21(34-4-3-31)19(20(33)17(9-32)35-22)30-8-16(28-29-30)10-5-14(26)18(25)15(27)6-10/h1-2,5-8,17,19-22,31-33H,3-4,9H2/t17?,19-,20-,21?,22+/m0/s1. The Morgan fingerprint density at radius 2 is 1.81 bits per heavy atom. The third-order valence-corrected chi connectivity index (χ3v) is 7.70. The number of rotatable bonds is 8. The predicted molar refractivity (Wildman–Crippen MR) is 130 cm³/mol.